The first-order chi connectivity index (χ1) is 29.3. The van der Waals surface area contributed by atoms with Gasteiger partial charge in [0.1, 0.15) is 5.65 Å². The minimum Gasteiger partial charge on any atom is -0.302 e. The molecule has 0 aliphatic heterocycles. The number of thiophene rings is 1. The molecule has 276 valence electrons. The van der Waals surface area contributed by atoms with Gasteiger partial charge in [0, 0.05) is 65.1 Å². The summed E-state index contributed by atoms with van der Waals surface area (Å²) < 4.78 is 7.37. The van der Waals surface area contributed by atoms with Crippen molar-refractivity contribution in [2.24, 2.45) is 0 Å². The van der Waals surface area contributed by atoms with E-state index in [2.05, 4.69) is 149 Å². The molecule has 0 radical (unpaired) electrons. The smallest absolute Gasteiger partial charge is 0.164 e. The lowest BCUT2D eigenvalue weighted by Gasteiger charge is -2.12. The van der Waals surface area contributed by atoms with E-state index in [0.29, 0.717) is 17.5 Å². The average molecular weight is 772 g/mol. The topological polar surface area (TPSA) is 48.0 Å². The SMILES string of the molecule is c1ccc(-c2nc(-c3ccccc3)nc(-c3cccc(-n4c5ccc(-c6cccc7c6sc6ccccc67)cc5c5c(-c6ccccc6)c6ccccn6c54)c3)n2)cc1. The predicted molar refractivity (Wildman–Crippen MR) is 245 cm³/mol. The summed E-state index contributed by atoms with van der Waals surface area (Å²) in [4.78, 5) is 15.1. The Morgan fingerprint density at radius 2 is 1.02 bits per heavy atom. The Hall–Kier alpha value is -7.67. The maximum Gasteiger partial charge on any atom is 0.164 e. The van der Waals surface area contributed by atoms with Crippen LogP contribution in [0.2, 0.25) is 0 Å². The van der Waals surface area contributed by atoms with Gasteiger partial charge in [-0.05, 0) is 59.2 Å². The van der Waals surface area contributed by atoms with Crippen LogP contribution in [0.4, 0.5) is 0 Å². The number of nitrogens with zero attached hydrogens (tertiary/aromatic N) is 5. The number of hydrogen-bond acceptors (Lipinski definition) is 4. The largest absolute Gasteiger partial charge is 0.302 e. The van der Waals surface area contributed by atoms with E-state index in [1.807, 2.05) is 72.0 Å². The van der Waals surface area contributed by atoms with E-state index < -0.39 is 0 Å². The van der Waals surface area contributed by atoms with E-state index in [0.717, 1.165) is 39.1 Å². The monoisotopic (exact) mass is 771 g/mol. The van der Waals surface area contributed by atoms with Crippen LogP contribution in [0.25, 0.3) is 110 Å². The first-order valence-corrected chi connectivity index (χ1v) is 20.6. The fraction of sp³-hybridized carbons (Fsp3) is 0. The molecule has 5 nitrogen and oxygen atoms in total. The molecule has 0 aliphatic carbocycles. The Bertz CT molecular complexity index is 3490. The summed E-state index contributed by atoms with van der Waals surface area (Å²) >= 11 is 1.87. The lowest BCUT2D eigenvalue weighted by molar-refractivity contribution is 1.07. The quantitative estimate of drug-likeness (QED) is 0.169. The Morgan fingerprint density at radius 1 is 0.407 bits per heavy atom. The van der Waals surface area contributed by atoms with Crippen LogP contribution in [0.1, 0.15) is 0 Å². The molecular formula is C53H33N5S. The van der Waals surface area contributed by atoms with Gasteiger partial charge >= 0.3 is 0 Å². The second-order valence-corrected chi connectivity index (χ2v) is 15.9. The summed E-state index contributed by atoms with van der Waals surface area (Å²) in [5.41, 5.74) is 12.1. The maximum atomic E-state index is 5.09. The zero-order valence-corrected chi connectivity index (χ0v) is 32.5. The molecule has 5 heterocycles. The van der Waals surface area contributed by atoms with E-state index >= 15 is 0 Å². The van der Waals surface area contributed by atoms with Gasteiger partial charge in [-0.1, -0.05) is 152 Å². The summed E-state index contributed by atoms with van der Waals surface area (Å²) in [5, 5.41) is 5.01. The van der Waals surface area contributed by atoms with Crippen molar-refractivity contribution in [2.75, 3.05) is 0 Å². The number of rotatable bonds is 6. The number of hydrogen-bond donors (Lipinski definition) is 0. The second kappa shape index (κ2) is 13.5. The fourth-order valence-electron chi connectivity index (χ4n) is 8.73. The minimum atomic E-state index is 0.621. The Kier molecular flexibility index (Phi) is 7.64. The Labute approximate surface area is 343 Å². The third-order valence-electron chi connectivity index (χ3n) is 11.4. The summed E-state index contributed by atoms with van der Waals surface area (Å²) in [7, 11) is 0. The summed E-state index contributed by atoms with van der Waals surface area (Å²) in [6.45, 7) is 0. The highest BCUT2D eigenvalue weighted by molar-refractivity contribution is 7.26. The third kappa shape index (κ3) is 5.42. The van der Waals surface area contributed by atoms with Gasteiger partial charge in [0.15, 0.2) is 17.5 Å². The molecule has 6 heteroatoms. The summed E-state index contributed by atoms with van der Waals surface area (Å²) in [6.07, 6.45) is 2.19. The molecule has 0 aliphatic rings. The molecule has 0 saturated heterocycles. The van der Waals surface area contributed by atoms with Crippen molar-refractivity contribution < 1.29 is 0 Å². The van der Waals surface area contributed by atoms with Crippen molar-refractivity contribution in [1.29, 1.82) is 0 Å². The van der Waals surface area contributed by atoms with E-state index in [1.165, 1.54) is 53.2 Å². The Balaban J connectivity index is 1.13. The van der Waals surface area contributed by atoms with Crippen molar-refractivity contribution >= 4 is 59.0 Å². The van der Waals surface area contributed by atoms with E-state index in [1.54, 1.807) is 0 Å². The second-order valence-electron chi connectivity index (χ2n) is 14.8. The van der Waals surface area contributed by atoms with Crippen molar-refractivity contribution in [3.63, 3.8) is 0 Å². The fourth-order valence-corrected chi connectivity index (χ4v) is 9.97. The highest BCUT2D eigenvalue weighted by atomic mass is 32.1. The van der Waals surface area contributed by atoms with Crippen LogP contribution in [0, 0.1) is 0 Å². The van der Waals surface area contributed by atoms with Crippen LogP contribution in [0.5, 0.6) is 0 Å². The lowest BCUT2D eigenvalue weighted by atomic mass is 9.98. The molecule has 12 rings (SSSR count). The standard InChI is InChI=1S/C53H33N5S/c1-4-16-34(17-5-1)47-45-27-12-13-31-57(45)53-48(47)43-33-37(40-25-15-26-42-41-24-10-11-28-46(41)59-49(40)42)29-30-44(43)58(53)39-23-14-22-38(32-39)52-55-50(35-18-6-2-7-19-35)54-51(56-52)36-20-8-3-9-21-36/h1-33H. The molecule has 12 aromatic rings. The van der Waals surface area contributed by atoms with Gasteiger partial charge in [-0.2, -0.15) is 0 Å². The molecular weight excluding hydrogens is 739 g/mol. The molecule has 0 bridgehead atoms. The maximum absolute atomic E-state index is 5.09. The van der Waals surface area contributed by atoms with Gasteiger partial charge in [0.2, 0.25) is 0 Å². The van der Waals surface area contributed by atoms with Crippen molar-refractivity contribution in [3.05, 3.63) is 200 Å². The molecule has 0 fully saturated rings. The summed E-state index contributed by atoms with van der Waals surface area (Å²) in [5.74, 6) is 1.90. The van der Waals surface area contributed by atoms with Gasteiger partial charge in [-0.25, -0.2) is 15.0 Å². The lowest BCUT2D eigenvalue weighted by Crippen LogP contribution is -2.01. The van der Waals surface area contributed by atoms with Crippen LogP contribution < -0.4 is 0 Å². The summed E-state index contributed by atoms with van der Waals surface area (Å²) in [6, 6.07) is 68.6. The van der Waals surface area contributed by atoms with Crippen molar-refractivity contribution in [2.45, 2.75) is 0 Å². The van der Waals surface area contributed by atoms with Crippen LogP contribution >= 0.6 is 11.3 Å². The third-order valence-corrected chi connectivity index (χ3v) is 12.6. The van der Waals surface area contributed by atoms with Gasteiger partial charge in [0.05, 0.1) is 11.0 Å². The zero-order chi connectivity index (χ0) is 38.9. The molecule has 0 amide bonds. The van der Waals surface area contributed by atoms with E-state index in [4.69, 9.17) is 15.0 Å². The number of benzene rings is 7. The number of aromatic nitrogens is 5. The molecule has 0 N–H and O–H groups in total. The van der Waals surface area contributed by atoms with Crippen LogP contribution in [-0.4, -0.2) is 23.9 Å². The number of pyridine rings is 1. The zero-order valence-electron chi connectivity index (χ0n) is 31.7. The first kappa shape index (κ1) is 33.5. The molecule has 5 aromatic heterocycles. The van der Waals surface area contributed by atoms with Gasteiger partial charge < -0.3 is 4.40 Å². The van der Waals surface area contributed by atoms with Crippen molar-refractivity contribution in [1.82, 2.24) is 23.9 Å². The van der Waals surface area contributed by atoms with E-state index in [-0.39, 0.29) is 0 Å². The van der Waals surface area contributed by atoms with Gasteiger partial charge in [-0.15, -0.1) is 11.3 Å². The predicted octanol–water partition coefficient (Wildman–Crippen LogP) is 13.9. The first-order valence-electron chi connectivity index (χ1n) is 19.8. The normalized spacial score (nSPS) is 11.7. The highest BCUT2D eigenvalue weighted by Crippen LogP contribution is 2.46. The van der Waals surface area contributed by atoms with Crippen molar-refractivity contribution in [3.8, 4) is 62.1 Å². The molecule has 0 spiro atoms. The van der Waals surface area contributed by atoms with Gasteiger partial charge in [-0.3, -0.25) is 4.57 Å². The van der Waals surface area contributed by atoms with Crippen LogP contribution in [-0.2, 0) is 0 Å². The van der Waals surface area contributed by atoms with Gasteiger partial charge in [0.25, 0.3) is 0 Å². The highest BCUT2D eigenvalue weighted by Gasteiger charge is 2.24. The van der Waals surface area contributed by atoms with E-state index in [9.17, 15) is 0 Å². The Morgan fingerprint density at radius 3 is 1.76 bits per heavy atom. The molecule has 0 saturated carbocycles. The molecule has 0 atom stereocenters. The van der Waals surface area contributed by atoms with Crippen LogP contribution in [0.3, 0.4) is 0 Å². The average Bonchev–Trinajstić information content (AvgIpc) is 3.97. The number of fused-ring (bicyclic) bond motifs is 8. The molecule has 59 heavy (non-hydrogen) atoms. The molecule has 7 aromatic carbocycles. The molecule has 0 unspecified atom stereocenters. The minimum absolute atomic E-state index is 0.621. The van der Waals surface area contributed by atoms with Crippen LogP contribution in [0.15, 0.2) is 200 Å².